The Morgan fingerprint density at radius 1 is 1.57 bits per heavy atom. The van der Waals surface area contributed by atoms with Crippen molar-refractivity contribution in [3.05, 3.63) is 11.7 Å². The van der Waals surface area contributed by atoms with Crippen molar-refractivity contribution in [2.24, 2.45) is 0 Å². The molecule has 0 heterocycles. The predicted molar refractivity (Wildman–Crippen MR) is 31.2 cm³/mol. The predicted octanol–water partition coefficient (Wildman–Crippen LogP) is 1.45. The summed E-state index contributed by atoms with van der Waals surface area (Å²) in [5.74, 6) is 0. The molecule has 0 aromatic carbocycles. The molecule has 1 aliphatic carbocycles. The Hall–Kier alpha value is -0.170. The standard InChI is InChI=1S/C5H8ClN/c6-3-4-7-5-1-2-5/h3-5,7H,1-2H2. The van der Waals surface area contributed by atoms with E-state index in [9.17, 15) is 0 Å². The highest BCUT2D eigenvalue weighted by Gasteiger charge is 2.18. The summed E-state index contributed by atoms with van der Waals surface area (Å²) in [5.41, 5.74) is 1.50. The molecule has 40 valence electrons. The number of hydrogen-bond acceptors (Lipinski definition) is 1. The molecule has 0 bridgehead atoms. The molecule has 0 amide bonds. The van der Waals surface area contributed by atoms with Gasteiger partial charge in [0.1, 0.15) is 0 Å². The van der Waals surface area contributed by atoms with Gasteiger partial charge in [-0.3, -0.25) is 0 Å². The molecule has 0 atom stereocenters. The van der Waals surface area contributed by atoms with Crippen LogP contribution in [0.2, 0.25) is 0 Å². The van der Waals surface area contributed by atoms with Crippen LogP contribution in [-0.2, 0) is 0 Å². The zero-order valence-corrected chi connectivity index (χ0v) is 4.78. The second-order valence-electron chi connectivity index (χ2n) is 1.73. The van der Waals surface area contributed by atoms with Gasteiger partial charge in [0.15, 0.2) is 0 Å². The molecule has 0 saturated heterocycles. The minimum absolute atomic E-state index is 0.731. The average molecular weight is 118 g/mol. The number of rotatable bonds is 2. The molecule has 1 nitrogen and oxygen atoms in total. The summed E-state index contributed by atoms with van der Waals surface area (Å²) in [6.45, 7) is 0. The zero-order valence-electron chi connectivity index (χ0n) is 4.02. The lowest BCUT2D eigenvalue weighted by Gasteiger charge is -1.88. The number of hydrogen-bond donors (Lipinski definition) is 1. The highest BCUT2D eigenvalue weighted by Crippen LogP contribution is 2.18. The van der Waals surface area contributed by atoms with Gasteiger partial charge in [0.05, 0.1) is 0 Å². The molecule has 0 aromatic heterocycles. The lowest BCUT2D eigenvalue weighted by molar-refractivity contribution is 0.864. The van der Waals surface area contributed by atoms with Crippen LogP contribution in [0.5, 0.6) is 0 Å². The first-order valence-electron chi connectivity index (χ1n) is 2.45. The molecular formula is C5H8ClN. The number of halogens is 1. The maximum absolute atomic E-state index is 5.23. The van der Waals surface area contributed by atoms with Crippen LogP contribution in [0, 0.1) is 0 Å². The van der Waals surface area contributed by atoms with Crippen molar-refractivity contribution in [2.45, 2.75) is 18.9 Å². The van der Waals surface area contributed by atoms with Crippen molar-refractivity contribution >= 4 is 11.6 Å². The molecule has 0 spiro atoms. The van der Waals surface area contributed by atoms with Gasteiger partial charge in [-0.1, -0.05) is 11.6 Å². The molecule has 1 N–H and O–H groups in total. The maximum Gasteiger partial charge on any atom is 0.0257 e. The molecule has 7 heavy (non-hydrogen) atoms. The van der Waals surface area contributed by atoms with Crippen LogP contribution in [0.4, 0.5) is 0 Å². The lowest BCUT2D eigenvalue weighted by atomic mass is 10.7. The smallest absolute Gasteiger partial charge is 0.0257 e. The molecule has 2 heteroatoms. The van der Waals surface area contributed by atoms with Crippen LogP contribution in [-0.4, -0.2) is 6.04 Å². The van der Waals surface area contributed by atoms with E-state index >= 15 is 0 Å². The van der Waals surface area contributed by atoms with E-state index in [0.717, 1.165) is 6.04 Å². The molecule has 1 rings (SSSR count). The summed E-state index contributed by atoms with van der Waals surface area (Å²) in [6, 6.07) is 0.731. The molecule has 0 radical (unpaired) electrons. The van der Waals surface area contributed by atoms with Crippen molar-refractivity contribution in [1.29, 1.82) is 0 Å². The van der Waals surface area contributed by atoms with E-state index in [0.29, 0.717) is 0 Å². The third kappa shape index (κ3) is 1.83. The fourth-order valence-electron chi connectivity index (χ4n) is 0.422. The van der Waals surface area contributed by atoms with Crippen LogP contribution >= 0.6 is 11.6 Å². The Morgan fingerprint density at radius 2 is 2.29 bits per heavy atom. The van der Waals surface area contributed by atoms with Crippen molar-refractivity contribution in [3.8, 4) is 0 Å². The van der Waals surface area contributed by atoms with Crippen LogP contribution in [0.3, 0.4) is 0 Å². The second kappa shape index (κ2) is 2.22. The normalized spacial score (nSPS) is 20.7. The van der Waals surface area contributed by atoms with Crippen LogP contribution in [0.1, 0.15) is 12.8 Å². The SMILES string of the molecule is ClC=CNC1CC1. The Morgan fingerprint density at radius 3 is 2.71 bits per heavy atom. The minimum Gasteiger partial charge on any atom is -0.387 e. The van der Waals surface area contributed by atoms with Crippen molar-refractivity contribution in [2.75, 3.05) is 0 Å². The Bertz CT molecular complexity index is 76.1. The van der Waals surface area contributed by atoms with Gasteiger partial charge in [0.25, 0.3) is 0 Å². The van der Waals surface area contributed by atoms with Gasteiger partial charge in [-0.15, -0.1) is 0 Å². The van der Waals surface area contributed by atoms with E-state index in [1.54, 1.807) is 6.20 Å². The highest BCUT2D eigenvalue weighted by molar-refractivity contribution is 6.25. The lowest BCUT2D eigenvalue weighted by Crippen LogP contribution is -2.05. The summed E-state index contributed by atoms with van der Waals surface area (Å²) in [5, 5.41) is 3.09. The van der Waals surface area contributed by atoms with Gasteiger partial charge < -0.3 is 5.32 Å². The molecule has 0 aliphatic heterocycles. The van der Waals surface area contributed by atoms with E-state index in [1.807, 2.05) is 0 Å². The van der Waals surface area contributed by atoms with E-state index in [4.69, 9.17) is 11.6 Å². The largest absolute Gasteiger partial charge is 0.387 e. The summed E-state index contributed by atoms with van der Waals surface area (Å²) >= 11 is 5.23. The molecule has 1 fully saturated rings. The topological polar surface area (TPSA) is 12.0 Å². The Kier molecular flexibility index (Phi) is 1.58. The summed E-state index contributed by atoms with van der Waals surface area (Å²) < 4.78 is 0. The van der Waals surface area contributed by atoms with Crippen molar-refractivity contribution < 1.29 is 0 Å². The van der Waals surface area contributed by atoms with Crippen LogP contribution in [0.25, 0.3) is 0 Å². The fraction of sp³-hybridized carbons (Fsp3) is 0.600. The average Bonchev–Trinajstić information content (AvgIpc) is 2.42. The minimum atomic E-state index is 0.731. The van der Waals surface area contributed by atoms with Crippen LogP contribution in [0.15, 0.2) is 11.7 Å². The van der Waals surface area contributed by atoms with Gasteiger partial charge in [-0.2, -0.15) is 0 Å². The molecule has 0 aromatic rings. The molecule has 1 aliphatic rings. The van der Waals surface area contributed by atoms with Gasteiger partial charge in [0, 0.05) is 17.8 Å². The van der Waals surface area contributed by atoms with E-state index < -0.39 is 0 Å². The summed E-state index contributed by atoms with van der Waals surface area (Å²) in [6.07, 6.45) is 4.39. The molecular weight excluding hydrogens is 110 g/mol. The summed E-state index contributed by atoms with van der Waals surface area (Å²) in [7, 11) is 0. The zero-order chi connectivity index (χ0) is 5.11. The van der Waals surface area contributed by atoms with Crippen molar-refractivity contribution in [1.82, 2.24) is 5.32 Å². The van der Waals surface area contributed by atoms with Gasteiger partial charge in [0.2, 0.25) is 0 Å². The Balaban J connectivity index is 1.98. The van der Waals surface area contributed by atoms with Gasteiger partial charge in [-0.05, 0) is 12.8 Å². The first kappa shape index (κ1) is 4.98. The van der Waals surface area contributed by atoms with Crippen LogP contribution < -0.4 is 5.32 Å². The second-order valence-corrected chi connectivity index (χ2v) is 1.99. The monoisotopic (exact) mass is 117 g/mol. The van der Waals surface area contributed by atoms with E-state index in [2.05, 4.69) is 5.32 Å². The van der Waals surface area contributed by atoms with Gasteiger partial charge in [-0.25, -0.2) is 0 Å². The fourth-order valence-corrected chi connectivity index (χ4v) is 0.495. The van der Waals surface area contributed by atoms with E-state index in [1.165, 1.54) is 18.4 Å². The first-order chi connectivity index (χ1) is 3.43. The molecule has 0 unspecified atom stereocenters. The van der Waals surface area contributed by atoms with Gasteiger partial charge >= 0.3 is 0 Å². The first-order valence-corrected chi connectivity index (χ1v) is 2.88. The maximum atomic E-state index is 5.23. The van der Waals surface area contributed by atoms with E-state index in [-0.39, 0.29) is 0 Å². The summed E-state index contributed by atoms with van der Waals surface area (Å²) in [4.78, 5) is 0. The molecule has 1 saturated carbocycles. The Labute approximate surface area is 48.4 Å². The third-order valence-corrected chi connectivity index (χ3v) is 1.10. The quantitative estimate of drug-likeness (QED) is 0.577. The third-order valence-electron chi connectivity index (χ3n) is 0.972. The highest BCUT2D eigenvalue weighted by atomic mass is 35.5. The van der Waals surface area contributed by atoms with Crippen molar-refractivity contribution in [3.63, 3.8) is 0 Å². The number of nitrogens with one attached hydrogen (secondary N) is 1.